The number of hydrogen-bond donors (Lipinski definition) is 0. The van der Waals surface area contributed by atoms with Crippen LogP contribution in [0.1, 0.15) is 39.2 Å². The normalized spacial score (nSPS) is 17.4. The van der Waals surface area contributed by atoms with Crippen molar-refractivity contribution in [2.24, 2.45) is 4.74 Å². The number of hydrogen-bond acceptors (Lipinski definition) is 2. The van der Waals surface area contributed by atoms with Crippen LogP contribution in [-0.2, 0) is 0 Å². The lowest BCUT2D eigenvalue weighted by molar-refractivity contribution is 0.538. The van der Waals surface area contributed by atoms with Crippen LogP contribution in [0.2, 0.25) is 5.02 Å². The maximum absolute atomic E-state index is 6.39. The smallest absolute Gasteiger partial charge is 0.0720 e. The number of nitrogens with zero attached hydrogens (tertiary/aromatic N) is 3. The van der Waals surface area contributed by atoms with Crippen molar-refractivity contribution in [3.63, 3.8) is 0 Å². The largest absolute Gasteiger partial charge is 0.265 e. The van der Waals surface area contributed by atoms with Crippen LogP contribution in [0.5, 0.6) is 0 Å². The van der Waals surface area contributed by atoms with Crippen LogP contribution >= 0.6 is 31.2 Å². The van der Waals surface area contributed by atoms with Gasteiger partial charge in [-0.2, -0.15) is 0 Å². The molecule has 1 aliphatic heterocycles. The quantitative estimate of drug-likeness (QED) is 0.544. The number of pyridine rings is 1. The van der Waals surface area contributed by atoms with Gasteiger partial charge < -0.3 is 0 Å². The summed E-state index contributed by atoms with van der Waals surface area (Å²) in [6.07, 6.45) is 6.27. The Bertz CT molecular complexity index is 794. The van der Waals surface area contributed by atoms with E-state index in [0.29, 0.717) is 0 Å². The zero-order valence-corrected chi connectivity index (χ0v) is 18.4. The first-order chi connectivity index (χ1) is 11.8. The Kier molecular flexibility index (Phi) is 6.96. The second-order valence-corrected chi connectivity index (χ2v) is 11.9. The molecule has 3 rings (SSSR count). The Balaban J connectivity index is 0.00000243. The van der Waals surface area contributed by atoms with Crippen LogP contribution in [0.4, 0.5) is 5.69 Å². The minimum atomic E-state index is -1.98. The molecule has 0 spiro atoms. The van der Waals surface area contributed by atoms with Gasteiger partial charge in [0.15, 0.2) is 0 Å². The number of halogens is 2. The lowest BCUT2D eigenvalue weighted by Gasteiger charge is -2.43. The molecule has 1 unspecified atom stereocenters. The van der Waals surface area contributed by atoms with Crippen molar-refractivity contribution in [1.82, 2.24) is 9.65 Å². The number of benzene rings is 1. The molecule has 142 valence electrons. The fourth-order valence-corrected chi connectivity index (χ4v) is 8.13. The molecule has 0 amide bonds. The maximum Gasteiger partial charge on any atom is 0.0720 e. The van der Waals surface area contributed by atoms with E-state index in [-0.39, 0.29) is 17.6 Å². The van der Waals surface area contributed by atoms with Gasteiger partial charge in [0.2, 0.25) is 0 Å². The highest BCUT2D eigenvalue weighted by molar-refractivity contribution is 7.73. The molecule has 1 aromatic heterocycles. The highest BCUT2D eigenvalue weighted by atomic mass is 35.5. The molecule has 1 saturated heterocycles. The van der Waals surface area contributed by atoms with Gasteiger partial charge in [-0.1, -0.05) is 38.4 Å². The molecule has 0 aliphatic carbocycles. The molecule has 2 aromatic rings. The molecule has 1 aliphatic rings. The second kappa shape index (κ2) is 8.44. The maximum atomic E-state index is 6.39. The molecule has 0 bridgehead atoms. The number of aromatic nitrogens is 1. The minimum Gasteiger partial charge on any atom is -0.265 e. The van der Waals surface area contributed by atoms with Crippen LogP contribution < -0.4 is 5.30 Å². The first-order valence-corrected chi connectivity index (χ1v) is 11.0. The zero-order valence-electron chi connectivity index (χ0n) is 15.9. The SMILES string of the molecule is Cc1ccc(N=P(c2ccncc2)(N2CCCC2)C(C)(C)C)cc1Cl.Cl. The Morgan fingerprint density at radius 1 is 1.08 bits per heavy atom. The third kappa shape index (κ3) is 4.02. The molecule has 3 nitrogen and oxygen atoms in total. The van der Waals surface area contributed by atoms with Gasteiger partial charge in [-0.3, -0.25) is 9.65 Å². The summed E-state index contributed by atoms with van der Waals surface area (Å²) in [5.41, 5.74) is 2.06. The standard InChI is InChI=1S/C20H27ClN3P.ClH/c1-16-7-8-17(15-19(16)21)23-25(20(2,3)4,24-13-5-6-14-24)18-9-11-22-12-10-18;/h7-12,15H,5-6,13-14H2,1-4H3;1H. The highest BCUT2D eigenvalue weighted by Crippen LogP contribution is 2.64. The topological polar surface area (TPSA) is 28.5 Å². The summed E-state index contributed by atoms with van der Waals surface area (Å²) in [5, 5.41) is 2.11. The third-order valence-electron chi connectivity index (χ3n) is 4.87. The first kappa shape index (κ1) is 21.4. The van der Waals surface area contributed by atoms with Crippen molar-refractivity contribution in [2.75, 3.05) is 13.1 Å². The molecular weight excluding hydrogens is 384 g/mol. The van der Waals surface area contributed by atoms with E-state index in [1.165, 1.54) is 18.1 Å². The van der Waals surface area contributed by atoms with Crippen LogP contribution in [-0.4, -0.2) is 27.9 Å². The molecule has 0 saturated carbocycles. The van der Waals surface area contributed by atoms with Crippen molar-refractivity contribution < 1.29 is 0 Å². The summed E-state index contributed by atoms with van der Waals surface area (Å²) in [5.74, 6) is 0. The van der Waals surface area contributed by atoms with Gasteiger partial charge in [0.05, 0.1) is 12.9 Å². The number of rotatable bonds is 3. The van der Waals surface area contributed by atoms with Gasteiger partial charge in [-0.05, 0) is 49.6 Å². The predicted octanol–water partition coefficient (Wildman–Crippen LogP) is 6.43. The van der Waals surface area contributed by atoms with Crippen LogP contribution in [0.25, 0.3) is 0 Å². The van der Waals surface area contributed by atoms with Gasteiger partial charge >= 0.3 is 0 Å². The van der Waals surface area contributed by atoms with Crippen LogP contribution in [0.15, 0.2) is 47.5 Å². The second-order valence-electron chi connectivity index (χ2n) is 7.67. The van der Waals surface area contributed by atoms with Gasteiger partial charge in [-0.25, -0.2) is 4.74 Å². The summed E-state index contributed by atoms with van der Waals surface area (Å²) >= 11 is 6.39. The molecule has 26 heavy (non-hydrogen) atoms. The molecule has 2 heterocycles. The summed E-state index contributed by atoms with van der Waals surface area (Å²) in [6, 6.07) is 10.5. The van der Waals surface area contributed by atoms with Gasteiger partial charge in [-0.15, -0.1) is 12.4 Å². The molecule has 0 N–H and O–H groups in total. The van der Waals surface area contributed by atoms with Crippen molar-refractivity contribution in [2.45, 2.75) is 45.7 Å². The third-order valence-corrected chi connectivity index (χ3v) is 9.90. The molecule has 6 heteroatoms. The Morgan fingerprint density at radius 2 is 1.69 bits per heavy atom. The average Bonchev–Trinajstić information content (AvgIpc) is 3.10. The minimum absolute atomic E-state index is 0. The summed E-state index contributed by atoms with van der Waals surface area (Å²) in [7, 11) is -1.98. The van der Waals surface area contributed by atoms with E-state index in [1.807, 2.05) is 25.4 Å². The van der Waals surface area contributed by atoms with E-state index in [1.54, 1.807) is 0 Å². The van der Waals surface area contributed by atoms with Crippen molar-refractivity contribution in [3.05, 3.63) is 53.3 Å². The first-order valence-electron chi connectivity index (χ1n) is 8.89. The predicted molar refractivity (Wildman–Crippen MR) is 117 cm³/mol. The molecule has 0 radical (unpaired) electrons. The van der Waals surface area contributed by atoms with E-state index in [2.05, 4.69) is 54.7 Å². The Hall–Kier alpha value is -0.860. The molecule has 1 fully saturated rings. The van der Waals surface area contributed by atoms with Crippen LogP contribution in [0, 0.1) is 6.92 Å². The van der Waals surface area contributed by atoms with Crippen molar-refractivity contribution >= 4 is 42.2 Å². The molecular formula is C20H28Cl2N3P. The summed E-state index contributed by atoms with van der Waals surface area (Å²) in [4.78, 5) is 4.24. The molecule has 1 atom stereocenters. The van der Waals surface area contributed by atoms with Crippen molar-refractivity contribution in [3.8, 4) is 0 Å². The summed E-state index contributed by atoms with van der Waals surface area (Å²) < 4.78 is 8.08. The highest BCUT2D eigenvalue weighted by Gasteiger charge is 2.42. The van der Waals surface area contributed by atoms with Gasteiger partial charge in [0.25, 0.3) is 0 Å². The fraction of sp³-hybridized carbons (Fsp3) is 0.450. The summed E-state index contributed by atoms with van der Waals surface area (Å²) in [6.45, 7) is 11.2. The lowest BCUT2D eigenvalue weighted by atomic mass is 10.2. The van der Waals surface area contributed by atoms with E-state index in [0.717, 1.165) is 29.4 Å². The fourth-order valence-electron chi connectivity index (χ4n) is 3.60. The van der Waals surface area contributed by atoms with Gasteiger partial charge in [0, 0.05) is 41.0 Å². The molecule has 1 aromatic carbocycles. The van der Waals surface area contributed by atoms with Crippen LogP contribution in [0.3, 0.4) is 0 Å². The average molecular weight is 412 g/mol. The lowest BCUT2D eigenvalue weighted by Crippen LogP contribution is -2.35. The number of aryl methyl sites for hydroxylation is 1. The van der Waals surface area contributed by atoms with E-state index in [4.69, 9.17) is 16.3 Å². The van der Waals surface area contributed by atoms with E-state index < -0.39 is 7.21 Å². The zero-order chi connectivity index (χ0) is 18.1. The Labute approximate surface area is 168 Å². The Morgan fingerprint density at radius 3 is 2.23 bits per heavy atom. The van der Waals surface area contributed by atoms with Gasteiger partial charge in [0.1, 0.15) is 0 Å². The monoisotopic (exact) mass is 411 g/mol. The van der Waals surface area contributed by atoms with E-state index in [9.17, 15) is 0 Å². The van der Waals surface area contributed by atoms with Crippen molar-refractivity contribution in [1.29, 1.82) is 0 Å². The van der Waals surface area contributed by atoms with E-state index >= 15 is 0 Å².